The number of nitrogens with zero attached hydrogens (tertiary/aromatic N) is 5. The van der Waals surface area contributed by atoms with Crippen molar-refractivity contribution < 1.29 is 9.50 Å². The van der Waals surface area contributed by atoms with Crippen LogP contribution >= 0.6 is 0 Å². The highest BCUT2D eigenvalue weighted by Gasteiger charge is 2.40. The molecule has 1 aliphatic rings. The van der Waals surface area contributed by atoms with E-state index in [1.165, 1.54) is 10.6 Å². The van der Waals surface area contributed by atoms with Crippen LogP contribution in [0.5, 0.6) is 0 Å². The summed E-state index contributed by atoms with van der Waals surface area (Å²) in [6.07, 6.45) is 0.707. The van der Waals surface area contributed by atoms with Crippen molar-refractivity contribution in [2.45, 2.75) is 18.9 Å². The van der Waals surface area contributed by atoms with Crippen LogP contribution in [0.15, 0.2) is 36.4 Å². The van der Waals surface area contributed by atoms with Crippen LogP contribution in [-0.4, -0.2) is 43.6 Å². The van der Waals surface area contributed by atoms with Crippen molar-refractivity contribution in [2.75, 3.05) is 18.0 Å². The van der Waals surface area contributed by atoms with E-state index in [1.54, 1.807) is 24.3 Å². The van der Waals surface area contributed by atoms with Gasteiger partial charge < -0.3 is 10.0 Å². The predicted molar refractivity (Wildman–Crippen MR) is 83.6 cm³/mol. The Labute approximate surface area is 132 Å². The molecule has 0 aliphatic carbocycles. The fourth-order valence-electron chi connectivity index (χ4n) is 2.81. The topological polar surface area (TPSA) is 66.5 Å². The molecule has 3 aromatic rings. The summed E-state index contributed by atoms with van der Waals surface area (Å²) in [5.74, 6) is 0.720. The lowest BCUT2D eigenvalue weighted by Gasteiger charge is -2.46. The average molecular weight is 313 g/mol. The summed E-state index contributed by atoms with van der Waals surface area (Å²) in [6, 6.07) is 10.1. The molecule has 118 valence electrons. The molecule has 23 heavy (non-hydrogen) atoms. The van der Waals surface area contributed by atoms with Crippen molar-refractivity contribution in [2.24, 2.45) is 0 Å². The zero-order chi connectivity index (χ0) is 16.0. The van der Waals surface area contributed by atoms with Gasteiger partial charge in [0, 0.05) is 0 Å². The van der Waals surface area contributed by atoms with Gasteiger partial charge in [-0.3, -0.25) is 0 Å². The van der Waals surface area contributed by atoms with Gasteiger partial charge in [0.25, 0.3) is 0 Å². The number of hydrogen-bond acceptors (Lipinski definition) is 5. The number of aliphatic hydroxyl groups is 1. The fourth-order valence-corrected chi connectivity index (χ4v) is 2.81. The van der Waals surface area contributed by atoms with E-state index >= 15 is 0 Å². The third-order valence-electron chi connectivity index (χ3n) is 4.32. The first kappa shape index (κ1) is 14.1. The van der Waals surface area contributed by atoms with Crippen LogP contribution in [0, 0.1) is 5.82 Å². The highest BCUT2D eigenvalue weighted by atomic mass is 19.1. The third-order valence-corrected chi connectivity index (χ3v) is 4.32. The Kier molecular flexibility index (Phi) is 3.05. The largest absolute Gasteiger partial charge is 0.386 e. The van der Waals surface area contributed by atoms with E-state index < -0.39 is 5.60 Å². The van der Waals surface area contributed by atoms with Crippen LogP contribution in [0.25, 0.3) is 17.0 Å². The molecule has 3 heterocycles. The zero-order valence-electron chi connectivity index (χ0n) is 12.6. The summed E-state index contributed by atoms with van der Waals surface area (Å²) in [7, 11) is 0. The van der Waals surface area contributed by atoms with Gasteiger partial charge in [-0.15, -0.1) is 15.3 Å². The van der Waals surface area contributed by atoms with E-state index in [-0.39, 0.29) is 5.82 Å². The van der Waals surface area contributed by atoms with Gasteiger partial charge in [0.1, 0.15) is 11.6 Å². The van der Waals surface area contributed by atoms with Crippen molar-refractivity contribution in [1.29, 1.82) is 0 Å². The second-order valence-corrected chi connectivity index (χ2v) is 5.90. The van der Waals surface area contributed by atoms with Gasteiger partial charge >= 0.3 is 0 Å². The summed E-state index contributed by atoms with van der Waals surface area (Å²) in [4.78, 5) is 1.98. The quantitative estimate of drug-likeness (QED) is 0.800. The number of β-amino-alcohol motifs (C(OH)–C–C–N with tert-alkyl or cyclic N) is 1. The minimum Gasteiger partial charge on any atom is -0.386 e. The second-order valence-electron chi connectivity index (χ2n) is 5.90. The van der Waals surface area contributed by atoms with Crippen LogP contribution in [0.2, 0.25) is 0 Å². The molecule has 0 unspecified atom stereocenters. The number of rotatable bonds is 3. The van der Waals surface area contributed by atoms with E-state index in [4.69, 9.17) is 0 Å². The van der Waals surface area contributed by atoms with Gasteiger partial charge in [-0.2, -0.15) is 4.52 Å². The molecule has 0 spiro atoms. The number of hydrogen-bond donors (Lipinski definition) is 1. The van der Waals surface area contributed by atoms with Crippen molar-refractivity contribution >= 4 is 11.5 Å². The predicted octanol–water partition coefficient (Wildman–Crippen LogP) is 1.89. The number of fused-ring (bicyclic) bond motifs is 1. The molecular weight excluding hydrogens is 297 g/mol. The van der Waals surface area contributed by atoms with Crippen LogP contribution in [-0.2, 0) is 0 Å². The molecule has 4 rings (SSSR count). The smallest absolute Gasteiger partial charge is 0.188 e. The molecule has 0 bridgehead atoms. The molecule has 0 radical (unpaired) electrons. The highest BCUT2D eigenvalue weighted by molar-refractivity contribution is 5.60. The van der Waals surface area contributed by atoms with E-state index in [0.29, 0.717) is 42.4 Å². The fraction of sp³-hybridized carbons (Fsp3) is 0.312. The summed E-state index contributed by atoms with van der Waals surface area (Å²) in [5.41, 5.74) is 0.273. The molecule has 0 atom stereocenters. The molecule has 1 fully saturated rings. The van der Waals surface area contributed by atoms with Crippen LogP contribution in [0.4, 0.5) is 10.2 Å². The Bertz CT molecular complexity index is 872. The SMILES string of the molecule is CCC1(O)CN(c2ccc3nnc(-c4ccccc4F)n3n2)C1. The summed E-state index contributed by atoms with van der Waals surface area (Å²) < 4.78 is 15.6. The van der Waals surface area contributed by atoms with Crippen LogP contribution < -0.4 is 4.90 Å². The molecule has 1 aromatic carbocycles. The van der Waals surface area contributed by atoms with Crippen molar-refractivity contribution in [1.82, 2.24) is 19.8 Å². The standard InChI is InChI=1S/C16H16FN5O/c1-2-16(23)9-21(10-16)14-8-7-13-18-19-15(22(13)20-14)11-5-3-4-6-12(11)17/h3-8,23H,2,9-10H2,1H3. The molecule has 1 saturated heterocycles. The summed E-state index contributed by atoms with van der Waals surface area (Å²) >= 11 is 0. The number of halogens is 1. The van der Waals surface area contributed by atoms with Crippen molar-refractivity contribution in [3.63, 3.8) is 0 Å². The molecule has 7 heteroatoms. The zero-order valence-corrected chi connectivity index (χ0v) is 12.6. The normalized spacial score (nSPS) is 16.6. The molecular formula is C16H16FN5O. The van der Waals surface area contributed by atoms with E-state index in [1.807, 2.05) is 17.9 Å². The maximum atomic E-state index is 14.0. The number of benzene rings is 1. The second kappa shape index (κ2) is 4.99. The van der Waals surface area contributed by atoms with Gasteiger partial charge in [-0.1, -0.05) is 19.1 Å². The first-order valence-corrected chi connectivity index (χ1v) is 7.54. The molecule has 1 N–H and O–H groups in total. The molecule has 0 saturated carbocycles. The molecule has 6 nitrogen and oxygen atoms in total. The Balaban J connectivity index is 1.75. The Morgan fingerprint density at radius 3 is 2.70 bits per heavy atom. The van der Waals surface area contributed by atoms with E-state index in [9.17, 15) is 9.50 Å². The first-order valence-electron chi connectivity index (χ1n) is 7.54. The summed E-state index contributed by atoms with van der Waals surface area (Å²) in [6.45, 7) is 3.04. The Hall–Kier alpha value is -2.54. The van der Waals surface area contributed by atoms with Crippen LogP contribution in [0.1, 0.15) is 13.3 Å². The highest BCUT2D eigenvalue weighted by Crippen LogP contribution is 2.29. The minimum absolute atomic E-state index is 0.360. The van der Waals surface area contributed by atoms with Gasteiger partial charge in [0.15, 0.2) is 11.5 Å². The van der Waals surface area contributed by atoms with Gasteiger partial charge in [0.05, 0.1) is 24.3 Å². The summed E-state index contributed by atoms with van der Waals surface area (Å²) in [5, 5.41) is 22.8. The lowest BCUT2D eigenvalue weighted by molar-refractivity contribution is 0.00796. The van der Waals surface area contributed by atoms with Gasteiger partial charge in [-0.05, 0) is 30.7 Å². The maximum Gasteiger partial charge on any atom is 0.188 e. The van der Waals surface area contributed by atoms with Crippen molar-refractivity contribution in [3.8, 4) is 11.4 Å². The molecule has 2 aromatic heterocycles. The third kappa shape index (κ3) is 2.24. The Morgan fingerprint density at radius 1 is 1.17 bits per heavy atom. The maximum absolute atomic E-state index is 14.0. The van der Waals surface area contributed by atoms with Gasteiger partial charge in [-0.25, -0.2) is 4.39 Å². The number of anilines is 1. The minimum atomic E-state index is -0.641. The van der Waals surface area contributed by atoms with E-state index in [0.717, 1.165) is 0 Å². The first-order chi connectivity index (χ1) is 11.1. The lowest BCUT2D eigenvalue weighted by atomic mass is 9.91. The molecule has 1 aliphatic heterocycles. The van der Waals surface area contributed by atoms with Crippen LogP contribution in [0.3, 0.4) is 0 Å². The Morgan fingerprint density at radius 2 is 1.96 bits per heavy atom. The van der Waals surface area contributed by atoms with E-state index in [2.05, 4.69) is 15.3 Å². The molecule has 0 amide bonds. The van der Waals surface area contributed by atoms with Crippen molar-refractivity contribution in [3.05, 3.63) is 42.2 Å². The number of aromatic nitrogens is 4. The monoisotopic (exact) mass is 313 g/mol. The average Bonchev–Trinajstić information content (AvgIpc) is 2.95. The lowest BCUT2D eigenvalue weighted by Crippen LogP contribution is -2.61. The van der Waals surface area contributed by atoms with Gasteiger partial charge in [0.2, 0.25) is 0 Å².